The van der Waals surface area contributed by atoms with Crippen LogP contribution in [0.3, 0.4) is 0 Å². The molecule has 8 heteroatoms. The number of carbonyl (C=O) groups excluding carboxylic acids is 2. The van der Waals surface area contributed by atoms with Gasteiger partial charge in [-0.2, -0.15) is 0 Å². The van der Waals surface area contributed by atoms with Crippen LogP contribution in [0.15, 0.2) is 53.9 Å². The minimum absolute atomic E-state index is 0.00479. The van der Waals surface area contributed by atoms with Crippen LogP contribution in [0.25, 0.3) is 11.3 Å². The normalized spacial score (nSPS) is 14.9. The first-order valence-electron chi connectivity index (χ1n) is 10.5. The van der Waals surface area contributed by atoms with Gasteiger partial charge in [-0.15, -0.1) is 11.3 Å². The van der Waals surface area contributed by atoms with E-state index in [0.717, 1.165) is 49.0 Å². The Labute approximate surface area is 190 Å². The van der Waals surface area contributed by atoms with E-state index >= 15 is 0 Å². The fourth-order valence-electron chi connectivity index (χ4n) is 3.63. The lowest BCUT2D eigenvalue weighted by Crippen LogP contribution is -2.48. The highest BCUT2D eigenvalue weighted by molar-refractivity contribution is 7.09. The van der Waals surface area contributed by atoms with Gasteiger partial charge in [-0.25, -0.2) is 9.37 Å². The van der Waals surface area contributed by atoms with E-state index in [1.165, 1.54) is 19.1 Å². The van der Waals surface area contributed by atoms with Crippen molar-refractivity contribution in [3.63, 3.8) is 0 Å². The van der Waals surface area contributed by atoms with Crippen LogP contribution in [0.5, 0.6) is 0 Å². The summed E-state index contributed by atoms with van der Waals surface area (Å²) < 4.78 is 13.1. The quantitative estimate of drug-likeness (QED) is 0.551. The van der Waals surface area contributed by atoms with Gasteiger partial charge in [0.2, 0.25) is 5.91 Å². The number of nitrogens with one attached hydrogen (secondary N) is 1. The Bertz CT molecular complexity index is 1070. The molecular weight excluding hydrogens is 427 g/mol. The maximum atomic E-state index is 13.1. The molecule has 1 aromatic heterocycles. The van der Waals surface area contributed by atoms with E-state index in [-0.39, 0.29) is 17.5 Å². The number of thiazole rings is 1. The molecule has 32 heavy (non-hydrogen) atoms. The number of carbonyl (C=O) groups is 2. The predicted octanol–water partition coefficient (Wildman–Crippen LogP) is 3.91. The minimum Gasteiger partial charge on any atom is -0.325 e. The van der Waals surface area contributed by atoms with Gasteiger partial charge in [0.1, 0.15) is 10.8 Å². The maximum absolute atomic E-state index is 13.1. The molecule has 0 saturated carbocycles. The van der Waals surface area contributed by atoms with Crippen molar-refractivity contribution in [3.8, 4) is 11.3 Å². The van der Waals surface area contributed by atoms with E-state index in [0.29, 0.717) is 17.8 Å². The molecule has 6 nitrogen and oxygen atoms in total. The van der Waals surface area contributed by atoms with Crippen molar-refractivity contribution in [2.75, 3.05) is 38.0 Å². The van der Waals surface area contributed by atoms with Crippen LogP contribution in [0.1, 0.15) is 22.3 Å². The van der Waals surface area contributed by atoms with Crippen molar-refractivity contribution in [2.24, 2.45) is 0 Å². The third-order valence-electron chi connectivity index (χ3n) is 5.46. The van der Waals surface area contributed by atoms with Crippen LogP contribution >= 0.6 is 11.3 Å². The first-order valence-corrected chi connectivity index (χ1v) is 11.4. The molecule has 166 valence electrons. The molecule has 1 saturated heterocycles. The third kappa shape index (κ3) is 5.85. The zero-order valence-corrected chi connectivity index (χ0v) is 18.7. The summed E-state index contributed by atoms with van der Waals surface area (Å²) in [6.07, 6.45) is 0. The number of amides is 1. The molecule has 1 N–H and O–H groups in total. The van der Waals surface area contributed by atoms with Crippen LogP contribution in [-0.4, -0.2) is 59.2 Å². The summed E-state index contributed by atoms with van der Waals surface area (Å²) in [5.41, 5.74) is 3.11. The molecule has 3 aromatic rings. The van der Waals surface area contributed by atoms with Gasteiger partial charge in [-0.3, -0.25) is 19.4 Å². The Morgan fingerprint density at radius 2 is 1.66 bits per heavy atom. The second-order valence-electron chi connectivity index (χ2n) is 7.87. The van der Waals surface area contributed by atoms with Gasteiger partial charge >= 0.3 is 0 Å². The first-order chi connectivity index (χ1) is 15.5. The van der Waals surface area contributed by atoms with Gasteiger partial charge < -0.3 is 5.32 Å². The number of ketones is 1. The summed E-state index contributed by atoms with van der Waals surface area (Å²) in [6.45, 7) is 5.99. The van der Waals surface area contributed by atoms with Crippen LogP contribution in [0.2, 0.25) is 0 Å². The molecule has 0 unspecified atom stereocenters. The minimum atomic E-state index is -0.248. The number of aromatic nitrogens is 1. The van der Waals surface area contributed by atoms with Crippen LogP contribution in [0.4, 0.5) is 10.1 Å². The van der Waals surface area contributed by atoms with E-state index in [4.69, 9.17) is 4.98 Å². The third-order valence-corrected chi connectivity index (χ3v) is 6.29. The number of anilines is 1. The molecule has 0 spiro atoms. The molecule has 0 aliphatic carbocycles. The molecule has 1 fully saturated rings. The van der Waals surface area contributed by atoms with Crippen molar-refractivity contribution >= 4 is 28.7 Å². The summed E-state index contributed by atoms with van der Waals surface area (Å²) in [5.74, 6) is -0.301. The Hall–Kier alpha value is -2.94. The van der Waals surface area contributed by atoms with E-state index in [1.54, 1.807) is 47.7 Å². The number of nitrogens with zero attached hydrogens (tertiary/aromatic N) is 3. The van der Waals surface area contributed by atoms with Gasteiger partial charge in [0.25, 0.3) is 0 Å². The zero-order chi connectivity index (χ0) is 22.5. The molecule has 4 rings (SSSR count). The lowest BCUT2D eigenvalue weighted by molar-refractivity contribution is -0.117. The summed E-state index contributed by atoms with van der Waals surface area (Å²) in [7, 11) is 0. The number of hydrogen-bond donors (Lipinski definition) is 1. The second kappa shape index (κ2) is 10.1. The van der Waals surface area contributed by atoms with E-state index < -0.39 is 0 Å². The average Bonchev–Trinajstić information content (AvgIpc) is 3.24. The Kier molecular flexibility index (Phi) is 7.04. The summed E-state index contributed by atoms with van der Waals surface area (Å²) in [6, 6.07) is 13.3. The molecule has 1 aliphatic rings. The monoisotopic (exact) mass is 452 g/mol. The number of Topliss-reactive ketones (excluding diaryl/α,β-unsaturated/α-hetero) is 1. The number of benzene rings is 2. The maximum Gasteiger partial charge on any atom is 0.238 e. The van der Waals surface area contributed by atoms with Crippen molar-refractivity contribution in [1.82, 2.24) is 14.8 Å². The van der Waals surface area contributed by atoms with E-state index in [1.807, 2.05) is 5.38 Å². The average molecular weight is 453 g/mol. The predicted molar refractivity (Wildman–Crippen MR) is 124 cm³/mol. The van der Waals surface area contributed by atoms with Crippen LogP contribution in [0, 0.1) is 5.82 Å². The molecule has 2 heterocycles. The van der Waals surface area contributed by atoms with Crippen LogP contribution in [-0.2, 0) is 11.3 Å². The lowest BCUT2D eigenvalue weighted by atomic mass is 10.1. The Morgan fingerprint density at radius 3 is 2.31 bits per heavy atom. The zero-order valence-electron chi connectivity index (χ0n) is 17.9. The Morgan fingerprint density at radius 1 is 1.00 bits per heavy atom. The SMILES string of the molecule is CC(=O)c1ccc(NC(=O)CN2CCN(Cc3nc(-c4ccc(F)cc4)cs3)CC2)cc1. The Balaban J connectivity index is 1.22. The van der Waals surface area contributed by atoms with Crippen molar-refractivity contribution in [3.05, 3.63) is 70.3 Å². The number of piperazine rings is 1. The summed E-state index contributed by atoms with van der Waals surface area (Å²) in [5, 5.41) is 5.93. The molecule has 0 radical (unpaired) electrons. The highest BCUT2D eigenvalue weighted by Crippen LogP contribution is 2.23. The molecule has 0 atom stereocenters. The number of rotatable bonds is 7. The summed E-state index contributed by atoms with van der Waals surface area (Å²) >= 11 is 1.61. The smallest absolute Gasteiger partial charge is 0.238 e. The molecule has 1 amide bonds. The van der Waals surface area contributed by atoms with Gasteiger partial charge in [0.15, 0.2) is 5.78 Å². The number of halogens is 1. The largest absolute Gasteiger partial charge is 0.325 e. The van der Waals surface area contributed by atoms with Crippen molar-refractivity contribution in [2.45, 2.75) is 13.5 Å². The topological polar surface area (TPSA) is 65.5 Å². The van der Waals surface area contributed by atoms with Gasteiger partial charge in [-0.1, -0.05) is 0 Å². The summed E-state index contributed by atoms with van der Waals surface area (Å²) in [4.78, 5) is 32.9. The molecular formula is C24H25FN4O2S. The fraction of sp³-hybridized carbons (Fsp3) is 0.292. The number of hydrogen-bond acceptors (Lipinski definition) is 6. The molecule has 2 aromatic carbocycles. The first kappa shape index (κ1) is 22.3. The van der Waals surface area contributed by atoms with E-state index in [9.17, 15) is 14.0 Å². The van der Waals surface area contributed by atoms with Crippen LogP contribution < -0.4 is 5.32 Å². The van der Waals surface area contributed by atoms with Gasteiger partial charge in [0, 0.05) is 48.4 Å². The fourth-order valence-corrected chi connectivity index (χ4v) is 4.47. The molecule has 1 aliphatic heterocycles. The van der Waals surface area contributed by atoms with Gasteiger partial charge in [-0.05, 0) is 55.5 Å². The van der Waals surface area contributed by atoms with E-state index in [2.05, 4.69) is 15.1 Å². The highest BCUT2D eigenvalue weighted by atomic mass is 32.1. The lowest BCUT2D eigenvalue weighted by Gasteiger charge is -2.33. The van der Waals surface area contributed by atoms with Crippen molar-refractivity contribution in [1.29, 1.82) is 0 Å². The molecule has 0 bridgehead atoms. The second-order valence-corrected chi connectivity index (χ2v) is 8.81. The highest BCUT2D eigenvalue weighted by Gasteiger charge is 2.20. The van der Waals surface area contributed by atoms with Gasteiger partial charge in [0.05, 0.1) is 18.8 Å². The standard InChI is InChI=1S/C24H25FN4O2S/c1-17(30)18-4-8-21(9-5-18)26-23(31)14-28-10-12-29(13-11-28)15-24-27-22(16-32-24)19-2-6-20(25)7-3-19/h2-9,16H,10-15H2,1H3,(H,26,31). The van der Waals surface area contributed by atoms with Crippen molar-refractivity contribution < 1.29 is 14.0 Å².